The number of nitrogens with one attached hydrogen (secondary N) is 1. The van der Waals surface area contributed by atoms with Crippen LogP contribution in [0.25, 0.3) is 0 Å². The first-order valence-corrected chi connectivity index (χ1v) is 8.67. The van der Waals surface area contributed by atoms with E-state index < -0.39 is 10.0 Å². The molecule has 1 aromatic rings. The predicted molar refractivity (Wildman–Crippen MR) is 78.5 cm³/mol. The van der Waals surface area contributed by atoms with Crippen LogP contribution >= 0.6 is 15.9 Å². The molecular weight excluding hydrogens is 330 g/mol. The van der Waals surface area contributed by atoms with E-state index >= 15 is 0 Å². The Morgan fingerprint density at radius 3 is 2.42 bits per heavy atom. The Bertz CT molecular complexity index is 509. The van der Waals surface area contributed by atoms with Gasteiger partial charge in [0.15, 0.2) is 0 Å². The third-order valence-corrected chi connectivity index (χ3v) is 5.88. The summed E-state index contributed by atoms with van der Waals surface area (Å²) in [5.41, 5.74) is 0.957. The van der Waals surface area contributed by atoms with Crippen molar-refractivity contribution in [3.05, 3.63) is 34.3 Å². The van der Waals surface area contributed by atoms with E-state index in [0.717, 1.165) is 10.0 Å². The van der Waals surface area contributed by atoms with Crippen molar-refractivity contribution in [2.45, 2.75) is 31.1 Å². The molecule has 1 aromatic carbocycles. The first-order chi connectivity index (χ1) is 8.99. The topological polar surface area (TPSA) is 55.4 Å². The summed E-state index contributed by atoms with van der Waals surface area (Å²) >= 11 is 3.37. The minimum absolute atomic E-state index is 0.221. The highest BCUT2D eigenvalue weighted by Gasteiger charge is 2.28. The van der Waals surface area contributed by atoms with Gasteiger partial charge in [0.25, 0.3) is 0 Å². The van der Waals surface area contributed by atoms with Crippen LogP contribution in [-0.2, 0) is 14.8 Å². The summed E-state index contributed by atoms with van der Waals surface area (Å²) in [6.45, 7) is 2.91. The second-order valence-electron chi connectivity index (χ2n) is 4.75. The average molecular weight is 348 g/mol. The molecular formula is C13H18BrNO3S. The predicted octanol–water partition coefficient (Wildman–Crippen LogP) is 2.61. The van der Waals surface area contributed by atoms with Crippen LogP contribution in [-0.4, -0.2) is 26.9 Å². The van der Waals surface area contributed by atoms with Crippen LogP contribution < -0.4 is 4.72 Å². The maximum absolute atomic E-state index is 12.3. The van der Waals surface area contributed by atoms with Crippen molar-refractivity contribution in [3.8, 4) is 0 Å². The van der Waals surface area contributed by atoms with Crippen LogP contribution in [0.5, 0.6) is 0 Å². The Balaban J connectivity index is 2.04. The largest absolute Gasteiger partial charge is 0.381 e. The third-order valence-electron chi connectivity index (χ3n) is 3.32. The molecule has 1 unspecified atom stereocenters. The third kappa shape index (κ3) is 4.02. The van der Waals surface area contributed by atoms with Crippen LogP contribution in [0.3, 0.4) is 0 Å². The second-order valence-corrected chi connectivity index (χ2v) is 7.66. The summed E-state index contributed by atoms with van der Waals surface area (Å²) in [6, 6.07) is 7.44. The fourth-order valence-corrected chi connectivity index (χ4v) is 4.05. The number of hydrogen-bond acceptors (Lipinski definition) is 3. The van der Waals surface area contributed by atoms with Gasteiger partial charge in [0, 0.05) is 23.7 Å². The first-order valence-electron chi connectivity index (χ1n) is 6.33. The molecule has 0 saturated carbocycles. The van der Waals surface area contributed by atoms with Gasteiger partial charge in [-0.1, -0.05) is 28.1 Å². The monoisotopic (exact) mass is 347 g/mol. The molecule has 1 aliphatic heterocycles. The highest BCUT2D eigenvalue weighted by molar-refractivity contribution is 9.10. The molecule has 0 aromatic heterocycles. The zero-order valence-electron chi connectivity index (χ0n) is 10.8. The standard InChI is InChI=1S/C13H18BrNO3S/c1-10(11-2-4-12(14)5-3-11)15-19(16,17)13-6-8-18-9-7-13/h2-5,10,13,15H,6-9H2,1H3. The van der Waals surface area contributed by atoms with E-state index in [2.05, 4.69) is 20.7 Å². The molecule has 0 aliphatic carbocycles. The molecule has 4 nitrogen and oxygen atoms in total. The molecule has 0 bridgehead atoms. The quantitative estimate of drug-likeness (QED) is 0.910. The number of benzene rings is 1. The molecule has 19 heavy (non-hydrogen) atoms. The maximum Gasteiger partial charge on any atom is 0.215 e. The van der Waals surface area contributed by atoms with E-state index in [1.807, 2.05) is 31.2 Å². The smallest absolute Gasteiger partial charge is 0.215 e. The number of halogens is 1. The van der Waals surface area contributed by atoms with Crippen molar-refractivity contribution in [1.29, 1.82) is 0 Å². The Morgan fingerprint density at radius 1 is 1.26 bits per heavy atom. The Hall–Kier alpha value is -0.430. The number of hydrogen-bond donors (Lipinski definition) is 1. The van der Waals surface area contributed by atoms with Gasteiger partial charge in [-0.15, -0.1) is 0 Å². The SMILES string of the molecule is CC(NS(=O)(=O)C1CCOCC1)c1ccc(Br)cc1. The van der Waals surface area contributed by atoms with E-state index in [4.69, 9.17) is 4.74 Å². The lowest BCUT2D eigenvalue weighted by molar-refractivity contribution is 0.0981. The van der Waals surface area contributed by atoms with E-state index in [9.17, 15) is 8.42 Å². The second kappa shape index (κ2) is 6.35. The lowest BCUT2D eigenvalue weighted by Gasteiger charge is -2.24. The van der Waals surface area contributed by atoms with E-state index in [-0.39, 0.29) is 11.3 Å². The average Bonchev–Trinajstić information content (AvgIpc) is 2.40. The Morgan fingerprint density at radius 2 is 1.84 bits per heavy atom. The van der Waals surface area contributed by atoms with Gasteiger partial charge in [-0.3, -0.25) is 0 Å². The van der Waals surface area contributed by atoms with Gasteiger partial charge < -0.3 is 4.74 Å². The molecule has 0 radical (unpaired) electrons. The van der Waals surface area contributed by atoms with Gasteiger partial charge in [0.2, 0.25) is 10.0 Å². The lowest BCUT2D eigenvalue weighted by atomic mass is 10.1. The molecule has 1 atom stereocenters. The zero-order chi connectivity index (χ0) is 13.9. The van der Waals surface area contributed by atoms with Gasteiger partial charge in [-0.05, 0) is 37.5 Å². The molecule has 1 N–H and O–H groups in total. The summed E-state index contributed by atoms with van der Waals surface area (Å²) in [5, 5.41) is -0.334. The van der Waals surface area contributed by atoms with Gasteiger partial charge in [0.1, 0.15) is 0 Å². The number of rotatable bonds is 4. The van der Waals surface area contributed by atoms with Crippen molar-refractivity contribution >= 4 is 26.0 Å². The molecule has 106 valence electrons. The van der Waals surface area contributed by atoms with Crippen molar-refractivity contribution < 1.29 is 13.2 Å². The zero-order valence-corrected chi connectivity index (χ0v) is 13.2. The van der Waals surface area contributed by atoms with Gasteiger partial charge >= 0.3 is 0 Å². The van der Waals surface area contributed by atoms with E-state index in [1.165, 1.54) is 0 Å². The van der Waals surface area contributed by atoms with Crippen LogP contribution in [0.2, 0.25) is 0 Å². The van der Waals surface area contributed by atoms with Crippen LogP contribution in [0.1, 0.15) is 31.4 Å². The van der Waals surface area contributed by atoms with E-state index in [0.29, 0.717) is 26.1 Å². The highest BCUT2D eigenvalue weighted by atomic mass is 79.9. The molecule has 0 spiro atoms. The summed E-state index contributed by atoms with van der Waals surface area (Å²) < 4.78 is 33.5. The van der Waals surface area contributed by atoms with Gasteiger partial charge in [-0.25, -0.2) is 13.1 Å². The maximum atomic E-state index is 12.3. The minimum Gasteiger partial charge on any atom is -0.381 e. The Kier molecular flexibility index (Phi) is 5.00. The van der Waals surface area contributed by atoms with Gasteiger partial charge in [-0.2, -0.15) is 0 Å². The minimum atomic E-state index is -3.28. The number of ether oxygens (including phenoxy) is 1. The van der Waals surface area contributed by atoms with Crippen LogP contribution in [0.15, 0.2) is 28.7 Å². The first kappa shape index (κ1) is 15.0. The molecule has 1 saturated heterocycles. The van der Waals surface area contributed by atoms with Gasteiger partial charge in [0.05, 0.1) is 5.25 Å². The van der Waals surface area contributed by atoms with Crippen molar-refractivity contribution in [1.82, 2.24) is 4.72 Å². The fraction of sp³-hybridized carbons (Fsp3) is 0.538. The molecule has 6 heteroatoms. The van der Waals surface area contributed by atoms with Crippen molar-refractivity contribution in [3.63, 3.8) is 0 Å². The summed E-state index contributed by atoms with van der Waals surface area (Å²) in [7, 11) is -3.28. The number of sulfonamides is 1. The molecule has 2 rings (SSSR count). The molecule has 1 fully saturated rings. The Labute approximate surface area is 122 Å². The fourth-order valence-electron chi connectivity index (χ4n) is 2.15. The van der Waals surface area contributed by atoms with Crippen molar-refractivity contribution in [2.24, 2.45) is 0 Å². The van der Waals surface area contributed by atoms with Crippen molar-refractivity contribution in [2.75, 3.05) is 13.2 Å². The summed E-state index contributed by atoms with van der Waals surface area (Å²) in [4.78, 5) is 0. The lowest BCUT2D eigenvalue weighted by Crippen LogP contribution is -2.39. The molecule has 1 heterocycles. The van der Waals surface area contributed by atoms with E-state index in [1.54, 1.807) is 0 Å². The summed E-state index contributed by atoms with van der Waals surface area (Å²) in [5.74, 6) is 0. The summed E-state index contributed by atoms with van der Waals surface area (Å²) in [6.07, 6.45) is 1.14. The molecule has 1 aliphatic rings. The van der Waals surface area contributed by atoms with Crippen LogP contribution in [0.4, 0.5) is 0 Å². The molecule has 0 amide bonds. The normalized spacial score (nSPS) is 19.3. The van der Waals surface area contributed by atoms with Crippen LogP contribution in [0, 0.1) is 0 Å². The highest BCUT2D eigenvalue weighted by Crippen LogP contribution is 2.20.